The van der Waals surface area contributed by atoms with Crippen molar-refractivity contribution in [3.8, 4) is 5.75 Å². The van der Waals surface area contributed by atoms with E-state index in [0.29, 0.717) is 13.0 Å². The Bertz CT molecular complexity index is 626. The predicted molar refractivity (Wildman–Crippen MR) is 75.3 cm³/mol. The van der Waals surface area contributed by atoms with Gasteiger partial charge in [-0.05, 0) is 36.6 Å². The number of nitrogens with one attached hydrogen (secondary N) is 1. The van der Waals surface area contributed by atoms with E-state index in [-0.39, 0.29) is 11.3 Å². The lowest BCUT2D eigenvalue weighted by molar-refractivity contribution is 0.0951. The first-order valence-corrected chi connectivity index (χ1v) is 6.39. The van der Waals surface area contributed by atoms with E-state index in [2.05, 4.69) is 5.32 Å². The van der Waals surface area contributed by atoms with Gasteiger partial charge in [-0.15, -0.1) is 0 Å². The van der Waals surface area contributed by atoms with Crippen LogP contribution in [0.2, 0.25) is 0 Å². The smallest absolute Gasteiger partial charge is 0.255 e. The van der Waals surface area contributed by atoms with E-state index in [9.17, 15) is 14.3 Å². The van der Waals surface area contributed by atoms with Crippen molar-refractivity contribution in [3.63, 3.8) is 0 Å². The molecule has 0 atom stereocenters. The first-order chi connectivity index (χ1) is 9.58. The molecule has 0 bridgehead atoms. The summed E-state index contributed by atoms with van der Waals surface area (Å²) >= 11 is 0. The van der Waals surface area contributed by atoms with Gasteiger partial charge in [0.05, 0.1) is 5.56 Å². The SMILES string of the molecule is Cc1ccccc1CCNC(=O)c1ccc(F)cc1O. The highest BCUT2D eigenvalue weighted by Gasteiger charge is 2.11. The van der Waals surface area contributed by atoms with E-state index in [1.54, 1.807) is 0 Å². The number of hydrogen-bond acceptors (Lipinski definition) is 2. The van der Waals surface area contributed by atoms with Crippen molar-refractivity contribution < 1.29 is 14.3 Å². The molecule has 0 aliphatic rings. The number of carbonyl (C=O) groups is 1. The average molecular weight is 273 g/mol. The van der Waals surface area contributed by atoms with E-state index in [1.165, 1.54) is 11.6 Å². The van der Waals surface area contributed by atoms with Gasteiger partial charge in [0.1, 0.15) is 11.6 Å². The fraction of sp³-hybridized carbons (Fsp3) is 0.188. The Morgan fingerprint density at radius 2 is 2.00 bits per heavy atom. The Labute approximate surface area is 117 Å². The van der Waals surface area contributed by atoms with Crippen LogP contribution in [0, 0.1) is 12.7 Å². The third-order valence-corrected chi connectivity index (χ3v) is 3.15. The lowest BCUT2D eigenvalue weighted by Gasteiger charge is -2.08. The predicted octanol–water partition coefficient (Wildman–Crippen LogP) is 2.81. The molecule has 20 heavy (non-hydrogen) atoms. The molecule has 0 aliphatic carbocycles. The molecule has 2 aromatic rings. The minimum Gasteiger partial charge on any atom is -0.507 e. The maximum absolute atomic E-state index is 12.8. The topological polar surface area (TPSA) is 49.3 Å². The first-order valence-electron chi connectivity index (χ1n) is 6.39. The zero-order chi connectivity index (χ0) is 14.5. The van der Waals surface area contributed by atoms with Gasteiger partial charge >= 0.3 is 0 Å². The largest absolute Gasteiger partial charge is 0.507 e. The molecule has 0 spiro atoms. The molecule has 3 nitrogen and oxygen atoms in total. The van der Waals surface area contributed by atoms with Crippen LogP contribution < -0.4 is 5.32 Å². The van der Waals surface area contributed by atoms with Crippen LogP contribution >= 0.6 is 0 Å². The van der Waals surface area contributed by atoms with Gasteiger partial charge in [-0.1, -0.05) is 24.3 Å². The molecule has 1 amide bonds. The highest BCUT2D eigenvalue weighted by Crippen LogP contribution is 2.17. The molecule has 2 N–H and O–H groups in total. The van der Waals surface area contributed by atoms with Crippen LogP contribution in [0.1, 0.15) is 21.5 Å². The molecule has 104 valence electrons. The molecule has 0 saturated carbocycles. The number of phenolic OH excluding ortho intramolecular Hbond substituents is 1. The molecule has 0 heterocycles. The molecule has 0 aromatic heterocycles. The summed E-state index contributed by atoms with van der Waals surface area (Å²) in [6.07, 6.45) is 0.709. The molecular weight excluding hydrogens is 257 g/mol. The van der Waals surface area contributed by atoms with Crippen LogP contribution in [0.25, 0.3) is 0 Å². The standard InChI is InChI=1S/C16H16FNO2/c1-11-4-2-3-5-12(11)8-9-18-16(20)14-7-6-13(17)10-15(14)19/h2-7,10,19H,8-9H2,1H3,(H,18,20). The van der Waals surface area contributed by atoms with Crippen molar-refractivity contribution in [1.29, 1.82) is 0 Å². The highest BCUT2D eigenvalue weighted by atomic mass is 19.1. The van der Waals surface area contributed by atoms with Crippen LogP contribution in [0.3, 0.4) is 0 Å². The maximum Gasteiger partial charge on any atom is 0.255 e. The van der Waals surface area contributed by atoms with Crippen molar-refractivity contribution in [1.82, 2.24) is 5.32 Å². The summed E-state index contributed by atoms with van der Waals surface area (Å²) in [5.41, 5.74) is 2.42. The van der Waals surface area contributed by atoms with E-state index < -0.39 is 11.7 Å². The maximum atomic E-state index is 12.8. The second kappa shape index (κ2) is 6.19. The zero-order valence-electron chi connectivity index (χ0n) is 11.2. The number of amides is 1. The summed E-state index contributed by atoms with van der Waals surface area (Å²) in [7, 11) is 0. The number of hydrogen-bond donors (Lipinski definition) is 2. The number of halogens is 1. The second-order valence-electron chi connectivity index (χ2n) is 4.59. The minimum atomic E-state index is -0.570. The number of phenols is 1. The van der Waals surface area contributed by atoms with Crippen LogP contribution in [0.5, 0.6) is 5.75 Å². The summed E-state index contributed by atoms with van der Waals surface area (Å²) in [6, 6.07) is 11.3. The second-order valence-corrected chi connectivity index (χ2v) is 4.59. The van der Waals surface area contributed by atoms with Crippen molar-refractivity contribution in [2.75, 3.05) is 6.54 Å². The normalized spacial score (nSPS) is 10.3. The summed E-state index contributed by atoms with van der Waals surface area (Å²) in [5.74, 6) is -1.33. The molecular formula is C16H16FNO2. The van der Waals surface area contributed by atoms with Crippen molar-refractivity contribution >= 4 is 5.91 Å². The Hall–Kier alpha value is -2.36. The van der Waals surface area contributed by atoms with Gasteiger partial charge < -0.3 is 10.4 Å². The van der Waals surface area contributed by atoms with E-state index in [1.807, 2.05) is 31.2 Å². The van der Waals surface area contributed by atoms with Gasteiger partial charge in [0, 0.05) is 12.6 Å². The fourth-order valence-corrected chi connectivity index (χ4v) is 1.99. The Morgan fingerprint density at radius 3 is 2.70 bits per heavy atom. The van der Waals surface area contributed by atoms with Crippen molar-refractivity contribution in [3.05, 3.63) is 65.0 Å². The third-order valence-electron chi connectivity index (χ3n) is 3.15. The van der Waals surface area contributed by atoms with Gasteiger partial charge in [-0.2, -0.15) is 0 Å². The molecule has 0 unspecified atom stereocenters. The first kappa shape index (κ1) is 14.1. The minimum absolute atomic E-state index is 0.0798. The van der Waals surface area contributed by atoms with E-state index >= 15 is 0 Å². The van der Waals surface area contributed by atoms with Crippen LogP contribution in [-0.2, 0) is 6.42 Å². The third kappa shape index (κ3) is 3.35. The summed E-state index contributed by atoms with van der Waals surface area (Å²) < 4.78 is 12.8. The number of aromatic hydroxyl groups is 1. The lowest BCUT2D eigenvalue weighted by Crippen LogP contribution is -2.25. The quantitative estimate of drug-likeness (QED) is 0.900. The number of aryl methyl sites for hydroxylation is 1. The van der Waals surface area contributed by atoms with Gasteiger partial charge in [-0.25, -0.2) is 4.39 Å². The Balaban J connectivity index is 1.94. The van der Waals surface area contributed by atoms with Gasteiger partial charge in [0.2, 0.25) is 0 Å². The van der Waals surface area contributed by atoms with Crippen molar-refractivity contribution in [2.45, 2.75) is 13.3 Å². The summed E-state index contributed by atoms with van der Waals surface area (Å²) in [4.78, 5) is 11.9. The number of rotatable bonds is 4. The van der Waals surface area contributed by atoms with E-state index in [4.69, 9.17) is 0 Å². The molecule has 4 heteroatoms. The van der Waals surface area contributed by atoms with E-state index in [0.717, 1.165) is 17.7 Å². The summed E-state index contributed by atoms with van der Waals surface area (Å²) in [5, 5.41) is 12.2. The van der Waals surface area contributed by atoms with Gasteiger partial charge in [0.25, 0.3) is 5.91 Å². The molecule has 0 saturated heterocycles. The average Bonchev–Trinajstić information content (AvgIpc) is 2.40. The molecule has 0 aliphatic heterocycles. The number of carbonyl (C=O) groups excluding carboxylic acids is 1. The lowest BCUT2D eigenvalue weighted by atomic mass is 10.1. The highest BCUT2D eigenvalue weighted by molar-refractivity contribution is 5.96. The Kier molecular flexibility index (Phi) is 4.35. The zero-order valence-corrected chi connectivity index (χ0v) is 11.2. The van der Waals surface area contributed by atoms with Gasteiger partial charge in [0.15, 0.2) is 0 Å². The molecule has 0 fully saturated rings. The van der Waals surface area contributed by atoms with Gasteiger partial charge in [-0.3, -0.25) is 4.79 Å². The molecule has 0 radical (unpaired) electrons. The molecule has 2 rings (SSSR count). The van der Waals surface area contributed by atoms with Crippen LogP contribution in [0.4, 0.5) is 4.39 Å². The number of benzene rings is 2. The van der Waals surface area contributed by atoms with Crippen LogP contribution in [0.15, 0.2) is 42.5 Å². The molecule has 2 aromatic carbocycles. The van der Waals surface area contributed by atoms with Crippen LogP contribution in [-0.4, -0.2) is 17.6 Å². The monoisotopic (exact) mass is 273 g/mol. The summed E-state index contributed by atoms with van der Waals surface area (Å²) in [6.45, 7) is 2.48. The Morgan fingerprint density at radius 1 is 1.25 bits per heavy atom. The fourth-order valence-electron chi connectivity index (χ4n) is 1.99. The van der Waals surface area contributed by atoms with Crippen molar-refractivity contribution in [2.24, 2.45) is 0 Å².